The number of carbonyl (C=O) groups excluding carboxylic acids is 3. The number of carbonyl (C=O) groups is 3. The molecule has 1 unspecified atom stereocenters. The maximum absolute atomic E-state index is 12.5. The molecule has 264 valence electrons. The summed E-state index contributed by atoms with van der Waals surface area (Å²) in [6.07, 6.45) is 33.8. The van der Waals surface area contributed by atoms with Gasteiger partial charge < -0.3 is 14.2 Å². The first kappa shape index (κ1) is 43.1. The van der Waals surface area contributed by atoms with Gasteiger partial charge in [-0.1, -0.05) is 148 Å². The van der Waals surface area contributed by atoms with Crippen LogP contribution in [0.15, 0.2) is 12.2 Å². The fourth-order valence-electron chi connectivity index (χ4n) is 5.32. The van der Waals surface area contributed by atoms with E-state index in [0.29, 0.717) is 19.3 Å². The number of unbranched alkanes of at least 4 members (excludes halogenated alkanes) is 21. The molecule has 0 radical (unpaired) electrons. The van der Waals surface area contributed by atoms with Crippen LogP contribution in [0.5, 0.6) is 0 Å². The van der Waals surface area contributed by atoms with Crippen molar-refractivity contribution < 1.29 is 28.6 Å². The van der Waals surface area contributed by atoms with E-state index in [1.165, 1.54) is 89.9 Å². The molecule has 0 bridgehead atoms. The van der Waals surface area contributed by atoms with Gasteiger partial charge in [0.15, 0.2) is 6.10 Å². The van der Waals surface area contributed by atoms with Gasteiger partial charge in [0.2, 0.25) is 0 Å². The van der Waals surface area contributed by atoms with Crippen LogP contribution in [-0.2, 0) is 28.6 Å². The Morgan fingerprint density at radius 3 is 1.11 bits per heavy atom. The number of hydrogen-bond donors (Lipinski definition) is 0. The van der Waals surface area contributed by atoms with Gasteiger partial charge >= 0.3 is 17.9 Å². The van der Waals surface area contributed by atoms with Crippen LogP contribution in [0.2, 0.25) is 0 Å². The molecule has 0 amide bonds. The predicted octanol–water partition coefficient (Wildman–Crippen LogP) is 11.5. The molecule has 0 rings (SSSR count). The second-order valence-corrected chi connectivity index (χ2v) is 12.8. The van der Waals surface area contributed by atoms with Crippen molar-refractivity contribution in [2.45, 2.75) is 207 Å². The molecule has 45 heavy (non-hydrogen) atoms. The van der Waals surface area contributed by atoms with Crippen molar-refractivity contribution >= 4 is 17.9 Å². The van der Waals surface area contributed by atoms with Gasteiger partial charge in [-0.05, 0) is 44.9 Å². The zero-order valence-corrected chi connectivity index (χ0v) is 29.9. The fraction of sp³-hybridized carbons (Fsp3) is 0.872. The highest BCUT2D eigenvalue weighted by Crippen LogP contribution is 2.13. The molecule has 0 aliphatic carbocycles. The molecular formula is C39H72O6. The highest BCUT2D eigenvalue weighted by Gasteiger charge is 2.19. The first-order chi connectivity index (χ1) is 22.0. The lowest BCUT2D eigenvalue weighted by molar-refractivity contribution is -0.167. The Labute approximate surface area is 278 Å². The van der Waals surface area contributed by atoms with Gasteiger partial charge in [-0.25, -0.2) is 0 Å². The third kappa shape index (κ3) is 33.3. The lowest BCUT2D eigenvalue weighted by Crippen LogP contribution is -2.30. The first-order valence-electron chi connectivity index (χ1n) is 19.2. The molecule has 0 aliphatic rings. The predicted molar refractivity (Wildman–Crippen MR) is 187 cm³/mol. The van der Waals surface area contributed by atoms with Crippen molar-refractivity contribution in [3.63, 3.8) is 0 Å². The molecule has 6 heteroatoms. The van der Waals surface area contributed by atoms with E-state index in [2.05, 4.69) is 32.9 Å². The van der Waals surface area contributed by atoms with Crippen LogP contribution in [0.1, 0.15) is 201 Å². The summed E-state index contributed by atoms with van der Waals surface area (Å²) in [6.45, 7) is 6.48. The molecule has 0 saturated carbocycles. The number of allylic oxidation sites excluding steroid dienone is 2. The van der Waals surface area contributed by atoms with Gasteiger partial charge in [0.25, 0.3) is 0 Å². The van der Waals surface area contributed by atoms with E-state index < -0.39 is 6.10 Å². The molecular weight excluding hydrogens is 564 g/mol. The van der Waals surface area contributed by atoms with Crippen molar-refractivity contribution in [3.8, 4) is 0 Å². The maximum atomic E-state index is 12.5. The molecule has 0 aliphatic heterocycles. The number of esters is 3. The minimum atomic E-state index is -0.760. The average Bonchev–Trinajstić information content (AvgIpc) is 3.03. The zero-order valence-electron chi connectivity index (χ0n) is 29.9. The number of ether oxygens (including phenoxy) is 3. The smallest absolute Gasteiger partial charge is 0.306 e. The second kappa shape index (κ2) is 35.0. The molecule has 0 aromatic carbocycles. The average molecular weight is 637 g/mol. The Morgan fingerprint density at radius 2 is 0.733 bits per heavy atom. The van der Waals surface area contributed by atoms with Crippen molar-refractivity contribution in [1.29, 1.82) is 0 Å². The van der Waals surface area contributed by atoms with Crippen molar-refractivity contribution in [2.75, 3.05) is 13.2 Å². The summed E-state index contributed by atoms with van der Waals surface area (Å²) in [7, 11) is 0. The molecule has 0 aromatic heterocycles. The normalized spacial score (nSPS) is 12.0. The summed E-state index contributed by atoms with van der Waals surface area (Å²) >= 11 is 0. The molecule has 0 aromatic rings. The Kier molecular flexibility index (Phi) is 33.6. The summed E-state index contributed by atoms with van der Waals surface area (Å²) < 4.78 is 16.4. The summed E-state index contributed by atoms with van der Waals surface area (Å²) in [4.78, 5) is 37.1. The van der Waals surface area contributed by atoms with Crippen molar-refractivity contribution in [3.05, 3.63) is 12.2 Å². The minimum Gasteiger partial charge on any atom is -0.462 e. The van der Waals surface area contributed by atoms with Gasteiger partial charge in [-0.15, -0.1) is 0 Å². The molecule has 1 atom stereocenters. The molecule has 0 saturated heterocycles. The van der Waals surface area contributed by atoms with E-state index in [1.807, 2.05) is 0 Å². The standard InChI is InChI=1S/C39H72O6/c1-4-7-10-13-15-16-17-18-19-20-21-22-24-26-29-32-38(41)44-35-36(34-43-37(40)31-28-25-12-9-6-3)45-39(42)33-30-27-23-14-11-8-5-2/h18-19,36H,4-17,20-35H2,1-3H3/b19-18-. The Bertz CT molecular complexity index is 704. The van der Waals surface area contributed by atoms with Crippen LogP contribution in [0.25, 0.3) is 0 Å². The van der Waals surface area contributed by atoms with Gasteiger partial charge in [-0.3, -0.25) is 14.4 Å². The minimum absolute atomic E-state index is 0.0722. The highest BCUT2D eigenvalue weighted by molar-refractivity contribution is 5.71. The van der Waals surface area contributed by atoms with Crippen LogP contribution in [0, 0.1) is 0 Å². The molecule has 0 fully saturated rings. The van der Waals surface area contributed by atoms with Crippen LogP contribution in [0.3, 0.4) is 0 Å². The Balaban J connectivity index is 4.20. The summed E-state index contributed by atoms with van der Waals surface area (Å²) in [5.74, 6) is -0.903. The third-order valence-electron chi connectivity index (χ3n) is 8.27. The van der Waals surface area contributed by atoms with Crippen LogP contribution in [0.4, 0.5) is 0 Å². The van der Waals surface area contributed by atoms with Crippen molar-refractivity contribution in [2.24, 2.45) is 0 Å². The first-order valence-corrected chi connectivity index (χ1v) is 19.2. The lowest BCUT2D eigenvalue weighted by Gasteiger charge is -2.18. The van der Waals surface area contributed by atoms with E-state index in [1.54, 1.807) is 0 Å². The van der Waals surface area contributed by atoms with Crippen LogP contribution in [-0.4, -0.2) is 37.2 Å². The van der Waals surface area contributed by atoms with E-state index in [-0.39, 0.29) is 31.1 Å². The van der Waals surface area contributed by atoms with E-state index in [0.717, 1.165) is 70.6 Å². The topological polar surface area (TPSA) is 78.9 Å². The Hall–Kier alpha value is -1.85. The summed E-state index contributed by atoms with van der Waals surface area (Å²) in [5.41, 5.74) is 0. The molecule has 0 N–H and O–H groups in total. The van der Waals surface area contributed by atoms with Crippen LogP contribution < -0.4 is 0 Å². The van der Waals surface area contributed by atoms with Gasteiger partial charge in [0, 0.05) is 19.3 Å². The van der Waals surface area contributed by atoms with Gasteiger partial charge in [0.05, 0.1) is 0 Å². The van der Waals surface area contributed by atoms with Gasteiger partial charge in [-0.2, -0.15) is 0 Å². The maximum Gasteiger partial charge on any atom is 0.306 e. The molecule has 0 spiro atoms. The number of hydrogen-bond acceptors (Lipinski definition) is 6. The molecule has 0 heterocycles. The number of rotatable bonds is 34. The lowest BCUT2D eigenvalue weighted by atomic mass is 10.1. The van der Waals surface area contributed by atoms with E-state index in [4.69, 9.17) is 14.2 Å². The quantitative estimate of drug-likeness (QED) is 0.0303. The second-order valence-electron chi connectivity index (χ2n) is 12.8. The SMILES string of the molecule is CCCCCCCC/C=C\CCCCCCCC(=O)OCC(COC(=O)CCCCCCC)OC(=O)CCCCCCCCC. The zero-order chi connectivity index (χ0) is 33.1. The summed E-state index contributed by atoms with van der Waals surface area (Å²) in [5, 5.41) is 0. The highest BCUT2D eigenvalue weighted by atomic mass is 16.6. The summed E-state index contributed by atoms with van der Waals surface area (Å²) in [6, 6.07) is 0. The van der Waals surface area contributed by atoms with Gasteiger partial charge in [0.1, 0.15) is 13.2 Å². The largest absolute Gasteiger partial charge is 0.462 e. The monoisotopic (exact) mass is 637 g/mol. The third-order valence-corrected chi connectivity index (χ3v) is 8.27. The molecule has 6 nitrogen and oxygen atoms in total. The Morgan fingerprint density at radius 1 is 0.422 bits per heavy atom. The van der Waals surface area contributed by atoms with Crippen molar-refractivity contribution in [1.82, 2.24) is 0 Å². The van der Waals surface area contributed by atoms with E-state index in [9.17, 15) is 14.4 Å². The van der Waals surface area contributed by atoms with E-state index >= 15 is 0 Å². The van der Waals surface area contributed by atoms with Crippen LogP contribution >= 0.6 is 0 Å². The fourth-order valence-corrected chi connectivity index (χ4v) is 5.32.